The Kier molecular flexibility index (Phi) is 6.58. The minimum Gasteiger partial charge on any atom is -0.341 e. The predicted molar refractivity (Wildman–Crippen MR) is 107 cm³/mol. The second-order valence-corrected chi connectivity index (χ2v) is 9.15. The van der Waals surface area contributed by atoms with Gasteiger partial charge < -0.3 is 10.6 Å². The van der Waals surface area contributed by atoms with E-state index in [1.165, 1.54) is 12.1 Å². The summed E-state index contributed by atoms with van der Waals surface area (Å²) in [5.74, 6) is 1.22. The Morgan fingerprint density at radius 2 is 2.00 bits per heavy atom. The molecule has 3 rings (SSSR count). The number of amides is 1. The van der Waals surface area contributed by atoms with Crippen molar-refractivity contribution in [2.45, 2.75) is 57.9 Å². The molecule has 0 radical (unpaired) electrons. The second-order valence-electron chi connectivity index (χ2n) is 9.15. The fourth-order valence-corrected chi connectivity index (χ4v) is 5.08. The lowest BCUT2D eigenvalue weighted by atomic mass is 9.96. The topological polar surface area (TPSA) is 49.6 Å². The Hall–Kier alpha value is -1.60. The summed E-state index contributed by atoms with van der Waals surface area (Å²) in [6, 6.07) is 5.27. The lowest BCUT2D eigenvalue weighted by Gasteiger charge is -2.32. The Bertz CT molecular complexity index is 721. The number of rotatable bonds is 6. The molecule has 0 bridgehead atoms. The number of carbonyl (C=O) groups excluding carboxylic acids is 1. The monoisotopic (exact) mass is 411 g/mol. The van der Waals surface area contributed by atoms with Crippen molar-refractivity contribution in [3.05, 3.63) is 35.4 Å². The van der Waals surface area contributed by atoms with E-state index < -0.39 is 17.8 Å². The zero-order valence-electron chi connectivity index (χ0n) is 17.5. The van der Waals surface area contributed by atoms with E-state index in [1.807, 2.05) is 11.9 Å². The lowest BCUT2D eigenvalue weighted by Crippen LogP contribution is -2.49. The van der Waals surface area contributed by atoms with Crippen LogP contribution in [0.4, 0.5) is 13.2 Å². The largest absolute Gasteiger partial charge is 0.416 e. The first-order valence-corrected chi connectivity index (χ1v) is 10.5. The van der Waals surface area contributed by atoms with Gasteiger partial charge in [0.25, 0.3) is 0 Å². The number of alkyl halides is 3. The maximum absolute atomic E-state index is 13.0. The van der Waals surface area contributed by atoms with Crippen LogP contribution in [0.25, 0.3) is 0 Å². The highest BCUT2D eigenvalue weighted by molar-refractivity contribution is 5.81. The number of nitrogens with two attached hydrogens (primary N) is 1. The smallest absolute Gasteiger partial charge is 0.341 e. The van der Waals surface area contributed by atoms with Gasteiger partial charge in [-0.3, -0.25) is 9.69 Å². The van der Waals surface area contributed by atoms with Crippen LogP contribution in [0.2, 0.25) is 0 Å². The van der Waals surface area contributed by atoms with Crippen molar-refractivity contribution in [2.24, 2.45) is 23.5 Å². The number of hydrogen-bond donors (Lipinski definition) is 1. The van der Waals surface area contributed by atoms with Crippen LogP contribution in [0.5, 0.6) is 0 Å². The third kappa shape index (κ3) is 5.12. The third-order valence-electron chi connectivity index (χ3n) is 6.44. The molecule has 2 fully saturated rings. The van der Waals surface area contributed by atoms with Gasteiger partial charge in [0.2, 0.25) is 5.91 Å². The number of fused-ring (bicyclic) bond motifs is 1. The molecule has 162 valence electrons. The zero-order chi connectivity index (χ0) is 21.3. The Balaban J connectivity index is 1.62. The highest BCUT2D eigenvalue weighted by atomic mass is 19.4. The zero-order valence-corrected chi connectivity index (χ0v) is 17.5. The van der Waals surface area contributed by atoms with Gasteiger partial charge in [0.05, 0.1) is 11.6 Å². The fraction of sp³-hybridized carbons (Fsp3) is 0.682. The molecule has 4 atom stereocenters. The standard InChI is InChI=1S/C22H32F3N3O/c1-14(2)9-19(26)21(29)27(3)20-8-7-16-12-28(13-18(16)20)11-15-5-4-6-17(10-15)22(23,24)25/h4-6,10,14,16,18-20H,7-9,11-13,26H2,1-3H3/t16-,18+,19+,20+/m1/s1. The SMILES string of the molecule is CC(C)C[C@H](N)C(=O)N(C)[C@H]1CC[C@@H]2CN(Cc3cccc(C(F)(F)F)c3)C[C@@H]21. The highest BCUT2D eigenvalue weighted by Gasteiger charge is 2.45. The van der Waals surface area contributed by atoms with E-state index in [0.29, 0.717) is 36.3 Å². The van der Waals surface area contributed by atoms with E-state index in [1.54, 1.807) is 6.07 Å². The maximum atomic E-state index is 13.0. The van der Waals surface area contributed by atoms with Crippen LogP contribution in [0, 0.1) is 17.8 Å². The van der Waals surface area contributed by atoms with Crippen LogP contribution >= 0.6 is 0 Å². The first kappa shape index (κ1) is 22.1. The average molecular weight is 412 g/mol. The van der Waals surface area contributed by atoms with Crippen molar-refractivity contribution in [1.29, 1.82) is 0 Å². The third-order valence-corrected chi connectivity index (χ3v) is 6.44. The van der Waals surface area contributed by atoms with Gasteiger partial charge in [-0.25, -0.2) is 0 Å². The predicted octanol–water partition coefficient (Wildman–Crippen LogP) is 3.75. The van der Waals surface area contributed by atoms with E-state index in [2.05, 4.69) is 18.7 Å². The van der Waals surface area contributed by atoms with E-state index in [-0.39, 0.29) is 11.9 Å². The van der Waals surface area contributed by atoms with Gasteiger partial charge in [-0.05, 0) is 48.6 Å². The van der Waals surface area contributed by atoms with Crippen LogP contribution in [-0.4, -0.2) is 47.9 Å². The van der Waals surface area contributed by atoms with Gasteiger partial charge in [0, 0.05) is 32.7 Å². The van der Waals surface area contributed by atoms with Crippen LogP contribution in [-0.2, 0) is 17.5 Å². The van der Waals surface area contributed by atoms with Crippen molar-refractivity contribution in [2.75, 3.05) is 20.1 Å². The fourth-order valence-electron chi connectivity index (χ4n) is 5.08. The molecule has 7 heteroatoms. The lowest BCUT2D eigenvalue weighted by molar-refractivity contribution is -0.137. The number of likely N-dealkylation sites (tertiary alicyclic amines) is 1. The molecule has 0 spiro atoms. The highest BCUT2D eigenvalue weighted by Crippen LogP contribution is 2.41. The Labute approximate surface area is 171 Å². The Morgan fingerprint density at radius 1 is 1.28 bits per heavy atom. The molecule has 1 aliphatic carbocycles. The molecule has 0 unspecified atom stereocenters. The summed E-state index contributed by atoms with van der Waals surface area (Å²) in [6.45, 7) is 6.30. The van der Waals surface area contributed by atoms with Gasteiger partial charge in [-0.2, -0.15) is 13.2 Å². The minimum absolute atomic E-state index is 0.000628. The molecule has 1 amide bonds. The quantitative estimate of drug-likeness (QED) is 0.776. The van der Waals surface area contributed by atoms with Crippen molar-refractivity contribution < 1.29 is 18.0 Å². The van der Waals surface area contributed by atoms with Gasteiger partial charge in [-0.15, -0.1) is 0 Å². The van der Waals surface area contributed by atoms with Gasteiger partial charge in [0.1, 0.15) is 0 Å². The molecular formula is C22H32F3N3O. The summed E-state index contributed by atoms with van der Waals surface area (Å²) in [7, 11) is 1.85. The average Bonchev–Trinajstić information content (AvgIpc) is 3.19. The molecule has 2 aliphatic rings. The normalized spacial score (nSPS) is 26.0. The number of carbonyl (C=O) groups is 1. The molecule has 1 saturated carbocycles. The van der Waals surface area contributed by atoms with Crippen LogP contribution in [0.15, 0.2) is 24.3 Å². The molecule has 1 aliphatic heterocycles. The molecular weight excluding hydrogens is 379 g/mol. The molecule has 1 saturated heterocycles. The van der Waals surface area contributed by atoms with Crippen molar-refractivity contribution >= 4 is 5.91 Å². The Morgan fingerprint density at radius 3 is 2.66 bits per heavy atom. The summed E-state index contributed by atoms with van der Waals surface area (Å²) in [5, 5.41) is 0. The van der Waals surface area contributed by atoms with E-state index in [4.69, 9.17) is 5.73 Å². The molecule has 0 aromatic heterocycles. The first-order valence-electron chi connectivity index (χ1n) is 10.5. The van der Waals surface area contributed by atoms with Crippen molar-refractivity contribution in [1.82, 2.24) is 9.80 Å². The molecule has 1 aromatic carbocycles. The second kappa shape index (κ2) is 8.64. The molecule has 1 aromatic rings. The summed E-state index contributed by atoms with van der Waals surface area (Å²) in [5.41, 5.74) is 6.19. The van der Waals surface area contributed by atoms with Gasteiger partial charge in [0.15, 0.2) is 0 Å². The molecule has 29 heavy (non-hydrogen) atoms. The first-order chi connectivity index (χ1) is 13.6. The van der Waals surface area contributed by atoms with E-state index >= 15 is 0 Å². The van der Waals surface area contributed by atoms with Crippen LogP contribution < -0.4 is 5.73 Å². The maximum Gasteiger partial charge on any atom is 0.416 e. The van der Waals surface area contributed by atoms with E-state index in [0.717, 1.165) is 32.0 Å². The number of halogens is 3. The van der Waals surface area contributed by atoms with Gasteiger partial charge in [-0.1, -0.05) is 32.0 Å². The summed E-state index contributed by atoms with van der Waals surface area (Å²) in [4.78, 5) is 16.8. The molecule has 2 N–H and O–H groups in total. The number of nitrogens with zero attached hydrogens (tertiary/aromatic N) is 2. The van der Waals surface area contributed by atoms with Crippen molar-refractivity contribution in [3.63, 3.8) is 0 Å². The van der Waals surface area contributed by atoms with Crippen LogP contribution in [0.1, 0.15) is 44.2 Å². The number of hydrogen-bond acceptors (Lipinski definition) is 3. The summed E-state index contributed by atoms with van der Waals surface area (Å²) < 4.78 is 38.9. The molecule has 4 nitrogen and oxygen atoms in total. The summed E-state index contributed by atoms with van der Waals surface area (Å²) >= 11 is 0. The summed E-state index contributed by atoms with van der Waals surface area (Å²) in [6.07, 6.45) is -1.62. The van der Waals surface area contributed by atoms with Crippen LogP contribution in [0.3, 0.4) is 0 Å². The van der Waals surface area contributed by atoms with E-state index in [9.17, 15) is 18.0 Å². The van der Waals surface area contributed by atoms with Crippen molar-refractivity contribution in [3.8, 4) is 0 Å². The van der Waals surface area contributed by atoms with Gasteiger partial charge >= 0.3 is 6.18 Å². The minimum atomic E-state index is -4.32. The molecule has 1 heterocycles. The number of likely N-dealkylation sites (N-methyl/N-ethyl adjacent to an activating group) is 1. The number of benzene rings is 1.